The molecule has 0 aliphatic carbocycles. The number of halogens is 4. The van der Waals surface area contributed by atoms with Gasteiger partial charge in [0.15, 0.2) is 0 Å². The Labute approximate surface area is 179 Å². The molecule has 0 aromatic carbocycles. The molecule has 0 saturated heterocycles. The molecule has 0 fully saturated rings. The highest BCUT2D eigenvalue weighted by molar-refractivity contribution is 6.31. The molecule has 3 aromatic rings. The fourth-order valence-electron chi connectivity index (χ4n) is 3.58. The van der Waals surface area contributed by atoms with Crippen LogP contribution < -0.4 is 5.56 Å². The quantitative estimate of drug-likeness (QED) is 0.613. The van der Waals surface area contributed by atoms with E-state index in [1.165, 1.54) is 27.7 Å². The predicted molar refractivity (Wildman–Crippen MR) is 106 cm³/mol. The Kier molecular flexibility index (Phi) is 5.12. The normalized spacial score (nSPS) is 13.5. The minimum atomic E-state index is -4.50. The van der Waals surface area contributed by atoms with Crippen molar-refractivity contribution < 1.29 is 18.0 Å². The molecule has 0 radical (unpaired) electrons. The first-order valence-corrected chi connectivity index (χ1v) is 9.64. The molecule has 0 bridgehead atoms. The van der Waals surface area contributed by atoms with Gasteiger partial charge in [-0.3, -0.25) is 19.3 Å². The summed E-state index contributed by atoms with van der Waals surface area (Å²) in [5, 5.41) is 4.28. The number of carbonyl (C=O) groups is 1. The van der Waals surface area contributed by atoms with Crippen LogP contribution in [0, 0.1) is 6.92 Å². The van der Waals surface area contributed by atoms with Crippen LogP contribution in [0.1, 0.15) is 38.4 Å². The van der Waals surface area contributed by atoms with Gasteiger partial charge >= 0.3 is 6.18 Å². The molecule has 0 atom stereocenters. The van der Waals surface area contributed by atoms with Crippen LogP contribution >= 0.6 is 11.6 Å². The van der Waals surface area contributed by atoms with Gasteiger partial charge in [0.2, 0.25) is 0 Å². The third-order valence-electron chi connectivity index (χ3n) is 5.34. The highest BCUT2D eigenvalue weighted by Crippen LogP contribution is 2.29. The van der Waals surface area contributed by atoms with E-state index in [1.54, 1.807) is 18.9 Å². The molecular weight excluding hydrogens is 435 g/mol. The van der Waals surface area contributed by atoms with Crippen molar-refractivity contribution in [2.24, 2.45) is 7.05 Å². The molecule has 31 heavy (non-hydrogen) atoms. The number of nitrogens with zero attached hydrogens (tertiary/aromatic N) is 5. The number of aromatic nitrogens is 4. The predicted octanol–water partition coefficient (Wildman–Crippen LogP) is 3.16. The molecule has 1 aliphatic heterocycles. The molecule has 7 nitrogen and oxygen atoms in total. The van der Waals surface area contributed by atoms with Crippen molar-refractivity contribution in [1.29, 1.82) is 0 Å². The van der Waals surface area contributed by atoms with Crippen LogP contribution in [0.3, 0.4) is 0 Å². The summed E-state index contributed by atoms with van der Waals surface area (Å²) in [6, 6.07) is 2.23. The summed E-state index contributed by atoms with van der Waals surface area (Å²) < 4.78 is 40.8. The highest BCUT2D eigenvalue weighted by atomic mass is 35.5. The molecule has 0 N–H and O–H groups in total. The Morgan fingerprint density at radius 3 is 2.61 bits per heavy atom. The summed E-state index contributed by atoms with van der Waals surface area (Å²) in [5.41, 5.74) is 1.84. The van der Waals surface area contributed by atoms with Gasteiger partial charge < -0.3 is 9.47 Å². The third-order valence-corrected chi connectivity index (χ3v) is 5.79. The number of hydrogen-bond acceptors (Lipinski definition) is 4. The lowest BCUT2D eigenvalue weighted by Crippen LogP contribution is -2.26. The molecule has 0 spiro atoms. The Hall–Kier alpha value is -3.14. The highest BCUT2D eigenvalue weighted by Gasteiger charge is 2.32. The summed E-state index contributed by atoms with van der Waals surface area (Å²) in [6.45, 7) is 2.52. The largest absolute Gasteiger partial charge is 0.433 e. The van der Waals surface area contributed by atoms with Crippen LogP contribution in [0.15, 0.2) is 35.5 Å². The zero-order valence-electron chi connectivity index (χ0n) is 16.6. The van der Waals surface area contributed by atoms with Crippen LogP contribution in [-0.2, 0) is 32.9 Å². The van der Waals surface area contributed by atoms with E-state index in [0.29, 0.717) is 23.2 Å². The summed E-state index contributed by atoms with van der Waals surface area (Å²) in [7, 11) is 1.62. The molecule has 162 valence electrons. The lowest BCUT2D eigenvalue weighted by molar-refractivity contribution is -0.141. The second-order valence-corrected chi connectivity index (χ2v) is 7.74. The second kappa shape index (κ2) is 7.52. The van der Waals surface area contributed by atoms with Gasteiger partial charge in [-0.25, -0.2) is 0 Å². The Morgan fingerprint density at radius 2 is 1.97 bits per heavy atom. The van der Waals surface area contributed by atoms with Gasteiger partial charge in [-0.2, -0.15) is 18.3 Å². The number of fused-ring (bicyclic) bond motifs is 1. The zero-order valence-corrected chi connectivity index (χ0v) is 17.3. The van der Waals surface area contributed by atoms with Crippen LogP contribution in [0.5, 0.6) is 0 Å². The molecule has 4 heterocycles. The average molecular weight is 452 g/mol. The maximum Gasteiger partial charge on any atom is 0.433 e. The lowest BCUT2D eigenvalue weighted by atomic mass is 10.1. The van der Waals surface area contributed by atoms with Gasteiger partial charge in [-0.15, -0.1) is 0 Å². The fraction of sp³-hybridized carbons (Fsp3) is 0.300. The Balaban J connectivity index is 1.50. The van der Waals surface area contributed by atoms with E-state index in [4.69, 9.17) is 11.6 Å². The van der Waals surface area contributed by atoms with E-state index in [0.717, 1.165) is 23.5 Å². The van der Waals surface area contributed by atoms with E-state index in [1.807, 2.05) is 0 Å². The Bertz CT molecular complexity index is 1230. The number of alkyl halides is 3. The van der Waals surface area contributed by atoms with Crippen molar-refractivity contribution in [2.75, 3.05) is 0 Å². The van der Waals surface area contributed by atoms with Crippen molar-refractivity contribution in [3.63, 3.8) is 0 Å². The molecular formula is C20H17ClF3N5O2. The molecule has 1 aliphatic rings. The van der Waals surface area contributed by atoms with Gasteiger partial charge in [0.25, 0.3) is 11.5 Å². The SMILES string of the molecule is Cc1c2c(n(C)c(=O)c1Cl)CN(C(=O)c1cnn(Cc3ccc(C(F)(F)F)nc3)c1)C2. The second-order valence-electron chi connectivity index (χ2n) is 7.37. The first-order valence-electron chi connectivity index (χ1n) is 9.27. The summed E-state index contributed by atoms with van der Waals surface area (Å²) in [5.74, 6) is -0.268. The summed E-state index contributed by atoms with van der Waals surface area (Å²) in [4.78, 5) is 30.2. The summed E-state index contributed by atoms with van der Waals surface area (Å²) in [6.07, 6.45) is -0.428. The molecule has 3 aromatic heterocycles. The van der Waals surface area contributed by atoms with Gasteiger partial charge in [0.1, 0.15) is 10.7 Å². The first kappa shape index (κ1) is 21.1. The summed E-state index contributed by atoms with van der Waals surface area (Å²) >= 11 is 6.11. The van der Waals surface area contributed by atoms with Crippen molar-refractivity contribution >= 4 is 17.5 Å². The minimum absolute atomic E-state index is 0.147. The topological polar surface area (TPSA) is 73.0 Å². The fourth-order valence-corrected chi connectivity index (χ4v) is 3.82. The first-order chi connectivity index (χ1) is 14.6. The van der Waals surface area contributed by atoms with Gasteiger partial charge in [-0.05, 0) is 29.7 Å². The standard InChI is InChI=1S/C20H17ClF3N5O2/c1-11-14-9-28(10-15(14)27(2)19(31)17(11)21)18(30)13-6-26-29(8-13)7-12-3-4-16(25-5-12)20(22,23)24/h3-6,8H,7,9-10H2,1-2H3. The van der Waals surface area contributed by atoms with Crippen molar-refractivity contribution in [3.8, 4) is 0 Å². The number of amides is 1. The maximum absolute atomic E-state index is 12.9. The third kappa shape index (κ3) is 3.83. The number of carbonyl (C=O) groups excluding carboxylic acids is 1. The lowest BCUT2D eigenvalue weighted by Gasteiger charge is -2.14. The molecule has 0 unspecified atom stereocenters. The van der Waals surface area contributed by atoms with E-state index in [9.17, 15) is 22.8 Å². The molecule has 0 saturated carbocycles. The monoisotopic (exact) mass is 451 g/mol. The maximum atomic E-state index is 12.9. The van der Waals surface area contributed by atoms with Crippen LogP contribution in [0.2, 0.25) is 5.02 Å². The molecule has 1 amide bonds. The van der Waals surface area contributed by atoms with Crippen molar-refractivity contribution in [2.45, 2.75) is 32.7 Å². The number of rotatable bonds is 3. The Morgan fingerprint density at radius 1 is 1.23 bits per heavy atom. The van der Waals surface area contributed by atoms with Gasteiger partial charge in [-0.1, -0.05) is 17.7 Å². The zero-order chi connectivity index (χ0) is 22.5. The number of hydrogen-bond donors (Lipinski definition) is 0. The average Bonchev–Trinajstić information content (AvgIpc) is 3.37. The van der Waals surface area contributed by atoms with E-state index in [-0.39, 0.29) is 29.6 Å². The smallest absolute Gasteiger partial charge is 0.328 e. The van der Waals surface area contributed by atoms with E-state index < -0.39 is 11.9 Å². The van der Waals surface area contributed by atoms with Crippen LogP contribution in [0.4, 0.5) is 13.2 Å². The molecule has 11 heteroatoms. The van der Waals surface area contributed by atoms with Crippen molar-refractivity contribution in [3.05, 3.63) is 79.7 Å². The minimum Gasteiger partial charge on any atom is -0.328 e. The van der Waals surface area contributed by atoms with Gasteiger partial charge in [0.05, 0.1) is 24.8 Å². The van der Waals surface area contributed by atoms with Crippen molar-refractivity contribution in [1.82, 2.24) is 24.2 Å². The van der Waals surface area contributed by atoms with Crippen LogP contribution in [-0.4, -0.2) is 30.1 Å². The van der Waals surface area contributed by atoms with E-state index in [2.05, 4.69) is 10.1 Å². The van der Waals surface area contributed by atoms with E-state index >= 15 is 0 Å². The number of pyridine rings is 2. The molecule has 4 rings (SSSR count). The van der Waals surface area contributed by atoms with Crippen LogP contribution in [0.25, 0.3) is 0 Å². The van der Waals surface area contributed by atoms with Gasteiger partial charge in [0, 0.05) is 31.7 Å².